The van der Waals surface area contributed by atoms with Crippen molar-refractivity contribution in [2.75, 3.05) is 31.1 Å². The number of H-pyrrole nitrogens is 1. The maximum Gasteiger partial charge on any atom is 0.325 e. The van der Waals surface area contributed by atoms with Crippen LogP contribution in [0, 0.1) is 0 Å². The van der Waals surface area contributed by atoms with Crippen molar-refractivity contribution in [1.82, 2.24) is 19.9 Å². The van der Waals surface area contributed by atoms with Gasteiger partial charge in [-0.15, -0.1) is 0 Å². The van der Waals surface area contributed by atoms with Gasteiger partial charge in [0.05, 0.1) is 4.47 Å². The van der Waals surface area contributed by atoms with Crippen LogP contribution in [0.5, 0.6) is 0 Å². The molecule has 0 spiro atoms. The van der Waals surface area contributed by atoms with E-state index >= 15 is 0 Å². The van der Waals surface area contributed by atoms with Gasteiger partial charge in [0.15, 0.2) is 0 Å². The molecule has 1 aliphatic heterocycles. The molecule has 3 heterocycles. The molecule has 0 aliphatic carbocycles. The summed E-state index contributed by atoms with van der Waals surface area (Å²) in [7, 11) is 0. The number of rotatable bonds is 4. The van der Waals surface area contributed by atoms with E-state index in [1.165, 1.54) is 0 Å². The number of carbonyl (C=O) groups is 1. The molecule has 9 heteroatoms. The van der Waals surface area contributed by atoms with Gasteiger partial charge >= 0.3 is 5.97 Å². The van der Waals surface area contributed by atoms with Crippen LogP contribution >= 0.6 is 27.5 Å². The molecule has 1 atom stereocenters. The summed E-state index contributed by atoms with van der Waals surface area (Å²) in [4.78, 5) is 27.9. The molecule has 1 saturated heterocycles. The fourth-order valence-electron chi connectivity index (χ4n) is 3.48. The molecule has 0 saturated carbocycles. The molecule has 7 nitrogen and oxygen atoms in total. The van der Waals surface area contributed by atoms with Crippen molar-refractivity contribution in [1.29, 1.82) is 0 Å². The molecule has 0 amide bonds. The lowest BCUT2D eigenvalue weighted by atomic mass is 10.0. The fourth-order valence-corrected chi connectivity index (χ4v) is 3.85. The molecule has 2 aromatic heterocycles. The SMILES string of the molecule is O=C(O)[C@@H](c1c[nH]c2ccc(Cl)cc12)N1CCN(c2ncc(Br)cn2)CC1. The summed E-state index contributed by atoms with van der Waals surface area (Å²) in [6.45, 7) is 2.52. The van der Waals surface area contributed by atoms with Crippen molar-refractivity contribution >= 4 is 50.4 Å². The zero-order valence-corrected chi connectivity index (χ0v) is 16.6. The molecule has 0 radical (unpaired) electrons. The fraction of sp³-hybridized carbons (Fsp3) is 0.278. The molecule has 3 aromatic rings. The zero-order valence-electron chi connectivity index (χ0n) is 14.3. The number of benzene rings is 1. The summed E-state index contributed by atoms with van der Waals surface area (Å²) in [5, 5.41) is 11.3. The molecule has 4 rings (SSSR count). The summed E-state index contributed by atoms with van der Waals surface area (Å²) in [5.74, 6) is -0.215. The third-order valence-electron chi connectivity index (χ3n) is 4.77. The van der Waals surface area contributed by atoms with Crippen LogP contribution in [0.3, 0.4) is 0 Å². The Morgan fingerprint density at radius 1 is 1.22 bits per heavy atom. The average molecular weight is 451 g/mol. The predicted octanol–water partition coefficient (Wildman–Crippen LogP) is 3.32. The first-order valence-electron chi connectivity index (χ1n) is 8.49. The highest BCUT2D eigenvalue weighted by Crippen LogP contribution is 2.31. The summed E-state index contributed by atoms with van der Waals surface area (Å²) in [5.41, 5.74) is 1.61. The summed E-state index contributed by atoms with van der Waals surface area (Å²) in [6, 6.07) is 4.73. The number of fused-ring (bicyclic) bond motifs is 1. The monoisotopic (exact) mass is 449 g/mol. The number of halogens is 2. The van der Waals surface area contributed by atoms with Gasteiger partial charge in [-0.05, 0) is 34.1 Å². The van der Waals surface area contributed by atoms with E-state index < -0.39 is 12.0 Å². The Morgan fingerprint density at radius 3 is 2.59 bits per heavy atom. The van der Waals surface area contributed by atoms with Gasteiger partial charge in [-0.3, -0.25) is 9.69 Å². The molecule has 27 heavy (non-hydrogen) atoms. The van der Waals surface area contributed by atoms with Gasteiger partial charge in [0.2, 0.25) is 5.95 Å². The van der Waals surface area contributed by atoms with Crippen molar-refractivity contribution in [3.05, 3.63) is 51.8 Å². The largest absolute Gasteiger partial charge is 0.480 e. The first kappa shape index (κ1) is 18.2. The Balaban J connectivity index is 1.56. The highest BCUT2D eigenvalue weighted by molar-refractivity contribution is 9.10. The van der Waals surface area contributed by atoms with Crippen molar-refractivity contribution in [3.8, 4) is 0 Å². The Hall–Kier alpha value is -2.16. The summed E-state index contributed by atoms with van der Waals surface area (Å²) >= 11 is 9.45. The third kappa shape index (κ3) is 3.65. The molecule has 1 aromatic carbocycles. The number of hydrogen-bond donors (Lipinski definition) is 2. The molecule has 2 N–H and O–H groups in total. The molecule has 0 bridgehead atoms. The van der Waals surface area contributed by atoms with Crippen LogP contribution in [-0.4, -0.2) is 57.1 Å². The lowest BCUT2D eigenvalue weighted by molar-refractivity contribution is -0.143. The number of nitrogens with one attached hydrogen (secondary N) is 1. The number of carboxylic acids is 1. The minimum absolute atomic E-state index is 0.588. The second-order valence-corrected chi connectivity index (χ2v) is 7.75. The lowest BCUT2D eigenvalue weighted by Gasteiger charge is -2.37. The molecular formula is C18H17BrClN5O2. The van der Waals surface area contributed by atoms with Crippen LogP contribution in [0.1, 0.15) is 11.6 Å². The molecule has 140 valence electrons. The van der Waals surface area contributed by atoms with Crippen LogP contribution in [0.4, 0.5) is 5.95 Å². The molecule has 1 aliphatic rings. The van der Waals surface area contributed by atoms with Crippen LogP contribution in [0.2, 0.25) is 5.02 Å². The Kier molecular flexibility index (Phi) is 5.03. The van der Waals surface area contributed by atoms with Gasteiger partial charge < -0.3 is 15.0 Å². The maximum atomic E-state index is 12.1. The van der Waals surface area contributed by atoms with E-state index in [0.717, 1.165) is 20.9 Å². The molecule has 0 unspecified atom stereocenters. The summed E-state index contributed by atoms with van der Waals surface area (Å²) in [6.07, 6.45) is 5.19. The quantitative estimate of drug-likeness (QED) is 0.634. The average Bonchev–Trinajstić information content (AvgIpc) is 3.06. The van der Waals surface area contributed by atoms with E-state index in [0.29, 0.717) is 37.1 Å². The van der Waals surface area contributed by atoms with Crippen molar-refractivity contribution < 1.29 is 9.90 Å². The van der Waals surface area contributed by atoms with E-state index in [2.05, 4.69) is 35.8 Å². The van der Waals surface area contributed by atoms with E-state index in [1.54, 1.807) is 24.7 Å². The number of carboxylic acid groups (broad SMARTS) is 1. The van der Waals surface area contributed by atoms with Crippen molar-refractivity contribution in [2.45, 2.75) is 6.04 Å². The first-order chi connectivity index (χ1) is 13.0. The zero-order chi connectivity index (χ0) is 19.0. The standard InChI is InChI=1S/C18H17BrClN5O2/c19-11-8-22-18(23-9-11)25-5-3-24(4-6-25)16(17(26)27)14-10-21-15-2-1-12(20)7-13(14)15/h1-2,7-10,16,21H,3-6H2,(H,26,27)/t16-/m1/s1. The van der Waals surface area contributed by atoms with Gasteiger partial charge in [-0.1, -0.05) is 11.6 Å². The van der Waals surface area contributed by atoms with Gasteiger partial charge in [0.25, 0.3) is 0 Å². The highest BCUT2D eigenvalue weighted by Gasteiger charge is 2.32. The minimum atomic E-state index is -0.871. The highest BCUT2D eigenvalue weighted by atomic mass is 79.9. The Bertz CT molecular complexity index is 970. The predicted molar refractivity (Wildman–Crippen MR) is 107 cm³/mol. The number of aliphatic carboxylic acids is 1. The Morgan fingerprint density at radius 2 is 1.93 bits per heavy atom. The van der Waals surface area contributed by atoms with Crippen LogP contribution in [-0.2, 0) is 4.79 Å². The number of piperazine rings is 1. The van der Waals surface area contributed by atoms with Crippen molar-refractivity contribution in [2.24, 2.45) is 0 Å². The van der Waals surface area contributed by atoms with Gasteiger partial charge in [0.1, 0.15) is 6.04 Å². The van der Waals surface area contributed by atoms with E-state index in [9.17, 15) is 9.90 Å². The van der Waals surface area contributed by atoms with E-state index in [-0.39, 0.29) is 0 Å². The summed E-state index contributed by atoms with van der Waals surface area (Å²) < 4.78 is 0.828. The van der Waals surface area contributed by atoms with Crippen molar-refractivity contribution in [3.63, 3.8) is 0 Å². The topological polar surface area (TPSA) is 85.4 Å². The number of aromatic amines is 1. The Labute approximate surface area is 169 Å². The second kappa shape index (κ2) is 7.46. The normalized spacial score (nSPS) is 16.6. The maximum absolute atomic E-state index is 12.1. The number of aromatic nitrogens is 3. The van der Waals surface area contributed by atoms with Gasteiger partial charge in [0, 0.05) is 66.3 Å². The van der Waals surface area contributed by atoms with Crippen LogP contribution in [0.15, 0.2) is 41.3 Å². The smallest absolute Gasteiger partial charge is 0.325 e. The minimum Gasteiger partial charge on any atom is -0.480 e. The van der Waals surface area contributed by atoms with Crippen LogP contribution < -0.4 is 4.90 Å². The van der Waals surface area contributed by atoms with Gasteiger partial charge in [-0.2, -0.15) is 0 Å². The van der Waals surface area contributed by atoms with E-state index in [4.69, 9.17) is 11.6 Å². The number of anilines is 1. The number of hydrogen-bond acceptors (Lipinski definition) is 5. The first-order valence-corrected chi connectivity index (χ1v) is 9.66. The lowest BCUT2D eigenvalue weighted by Crippen LogP contribution is -2.49. The van der Waals surface area contributed by atoms with E-state index in [1.807, 2.05) is 17.0 Å². The third-order valence-corrected chi connectivity index (χ3v) is 5.42. The second-order valence-electron chi connectivity index (χ2n) is 6.40. The number of nitrogens with zero attached hydrogens (tertiary/aromatic N) is 4. The molecule has 1 fully saturated rings. The molecular weight excluding hydrogens is 434 g/mol. The van der Waals surface area contributed by atoms with Gasteiger partial charge in [-0.25, -0.2) is 9.97 Å². The van der Waals surface area contributed by atoms with Crippen LogP contribution in [0.25, 0.3) is 10.9 Å².